The summed E-state index contributed by atoms with van der Waals surface area (Å²) < 4.78 is 12.9. The molecule has 0 spiro atoms. The lowest BCUT2D eigenvalue weighted by Gasteiger charge is -2.11. The minimum atomic E-state index is -0.296. The van der Waals surface area contributed by atoms with Crippen LogP contribution in [0, 0.1) is 19.7 Å². The van der Waals surface area contributed by atoms with Crippen LogP contribution in [0.2, 0.25) is 0 Å². The van der Waals surface area contributed by atoms with Crippen molar-refractivity contribution in [3.05, 3.63) is 75.3 Å². The first kappa shape index (κ1) is 18.1. The molecule has 4 nitrogen and oxygen atoms in total. The van der Waals surface area contributed by atoms with Gasteiger partial charge < -0.3 is 15.6 Å². The van der Waals surface area contributed by atoms with Crippen LogP contribution in [0.1, 0.15) is 16.7 Å². The van der Waals surface area contributed by atoms with E-state index in [2.05, 4.69) is 21.7 Å². The van der Waals surface area contributed by atoms with E-state index in [9.17, 15) is 9.18 Å². The van der Waals surface area contributed by atoms with Crippen molar-refractivity contribution in [3.63, 3.8) is 0 Å². The second-order valence-electron chi connectivity index (χ2n) is 6.23. The fraction of sp³-hybridized carbons (Fsp3) is 0.200. The minimum absolute atomic E-state index is 0.0783. The summed E-state index contributed by atoms with van der Waals surface area (Å²) in [6, 6.07) is 12.0. The van der Waals surface area contributed by atoms with Crippen LogP contribution in [0.5, 0.6) is 0 Å². The highest BCUT2D eigenvalue weighted by molar-refractivity contribution is 7.80. The molecule has 26 heavy (non-hydrogen) atoms. The van der Waals surface area contributed by atoms with E-state index in [0.29, 0.717) is 29.3 Å². The van der Waals surface area contributed by atoms with E-state index in [0.717, 1.165) is 22.0 Å². The third kappa shape index (κ3) is 4.08. The third-order valence-corrected chi connectivity index (χ3v) is 4.66. The van der Waals surface area contributed by atoms with Gasteiger partial charge in [0.1, 0.15) is 5.82 Å². The van der Waals surface area contributed by atoms with Gasteiger partial charge in [-0.15, -0.1) is 0 Å². The van der Waals surface area contributed by atoms with Crippen LogP contribution in [0.15, 0.2) is 47.3 Å². The normalized spacial score (nSPS) is 10.7. The van der Waals surface area contributed by atoms with Crippen molar-refractivity contribution in [2.45, 2.75) is 20.3 Å². The highest BCUT2D eigenvalue weighted by atomic mass is 32.1. The Hall–Kier alpha value is -2.73. The highest BCUT2D eigenvalue weighted by Crippen LogP contribution is 2.18. The van der Waals surface area contributed by atoms with E-state index in [-0.39, 0.29) is 11.4 Å². The maximum Gasteiger partial charge on any atom is 0.251 e. The van der Waals surface area contributed by atoms with E-state index in [1.165, 1.54) is 12.1 Å². The average molecular weight is 369 g/mol. The lowest BCUT2D eigenvalue weighted by molar-refractivity contribution is 0.628. The zero-order valence-corrected chi connectivity index (χ0v) is 15.5. The van der Waals surface area contributed by atoms with Crippen LogP contribution in [0.3, 0.4) is 0 Å². The molecule has 134 valence electrons. The number of aryl methyl sites for hydroxylation is 2. The maximum atomic E-state index is 12.9. The van der Waals surface area contributed by atoms with Gasteiger partial charge in [-0.25, -0.2) is 4.39 Å². The van der Waals surface area contributed by atoms with Gasteiger partial charge in [0.15, 0.2) is 5.11 Å². The van der Waals surface area contributed by atoms with E-state index >= 15 is 0 Å². The molecule has 0 radical (unpaired) electrons. The Bertz CT molecular complexity index is 1010. The van der Waals surface area contributed by atoms with Crippen molar-refractivity contribution in [3.8, 4) is 0 Å². The molecule has 1 heterocycles. The van der Waals surface area contributed by atoms with E-state index in [1.54, 1.807) is 12.1 Å². The summed E-state index contributed by atoms with van der Waals surface area (Å²) in [4.78, 5) is 15.3. The van der Waals surface area contributed by atoms with Crippen molar-refractivity contribution in [1.29, 1.82) is 0 Å². The van der Waals surface area contributed by atoms with Crippen molar-refractivity contribution in [1.82, 2.24) is 10.3 Å². The molecule has 0 saturated carbocycles. The quantitative estimate of drug-likeness (QED) is 0.612. The molecule has 6 heteroatoms. The van der Waals surface area contributed by atoms with Crippen molar-refractivity contribution in [2.75, 3.05) is 11.9 Å². The standard InChI is InChI=1S/C20H20FN3OS/c1-12-3-4-14-11-15(19(25)24-18(14)13(12)2)9-10-22-20(26)23-17-7-5-16(21)6-8-17/h3-8,11H,9-10H2,1-2H3,(H,24,25)(H2,22,23,26). The fourth-order valence-corrected chi connectivity index (χ4v) is 2.99. The summed E-state index contributed by atoms with van der Waals surface area (Å²) in [6.45, 7) is 4.56. The van der Waals surface area contributed by atoms with Gasteiger partial charge in [0.05, 0.1) is 5.52 Å². The number of H-pyrrole nitrogens is 1. The van der Waals surface area contributed by atoms with Gasteiger partial charge in [-0.1, -0.05) is 12.1 Å². The molecule has 0 amide bonds. The number of thiocarbonyl (C=S) groups is 1. The highest BCUT2D eigenvalue weighted by Gasteiger charge is 2.07. The molecule has 3 rings (SSSR count). The largest absolute Gasteiger partial charge is 0.362 e. The van der Waals surface area contributed by atoms with Crippen LogP contribution < -0.4 is 16.2 Å². The Kier molecular flexibility index (Phi) is 5.32. The zero-order chi connectivity index (χ0) is 18.7. The molecular weight excluding hydrogens is 349 g/mol. The van der Waals surface area contributed by atoms with Gasteiger partial charge in [-0.2, -0.15) is 0 Å². The van der Waals surface area contributed by atoms with Gasteiger partial charge in [0.2, 0.25) is 0 Å². The molecule has 0 aliphatic heterocycles. The van der Waals surface area contributed by atoms with Gasteiger partial charge in [0, 0.05) is 17.8 Å². The van der Waals surface area contributed by atoms with Crippen LogP contribution in [-0.4, -0.2) is 16.6 Å². The van der Waals surface area contributed by atoms with E-state index in [4.69, 9.17) is 12.2 Å². The van der Waals surface area contributed by atoms with Crippen molar-refractivity contribution >= 4 is 33.9 Å². The summed E-state index contributed by atoms with van der Waals surface area (Å²) in [5.41, 5.74) is 4.47. The van der Waals surface area contributed by atoms with Crippen LogP contribution in [0.25, 0.3) is 10.9 Å². The number of nitrogens with one attached hydrogen (secondary N) is 3. The Morgan fingerprint density at radius 2 is 1.88 bits per heavy atom. The second kappa shape index (κ2) is 7.66. The predicted octanol–water partition coefficient (Wildman–Crippen LogP) is 3.81. The summed E-state index contributed by atoms with van der Waals surface area (Å²) in [5.74, 6) is -0.296. The van der Waals surface area contributed by atoms with Crippen LogP contribution in [0.4, 0.5) is 10.1 Å². The summed E-state index contributed by atoms with van der Waals surface area (Å²) in [6.07, 6.45) is 0.545. The summed E-state index contributed by atoms with van der Waals surface area (Å²) >= 11 is 5.22. The summed E-state index contributed by atoms with van der Waals surface area (Å²) in [7, 11) is 0. The third-order valence-electron chi connectivity index (χ3n) is 4.41. The Labute approximate surface area is 156 Å². The Morgan fingerprint density at radius 1 is 1.15 bits per heavy atom. The number of benzene rings is 2. The van der Waals surface area contributed by atoms with Crippen LogP contribution >= 0.6 is 12.2 Å². The SMILES string of the molecule is Cc1ccc2cc(CCNC(=S)Nc3ccc(F)cc3)c(=O)[nH]c2c1C. The number of rotatable bonds is 4. The number of aromatic amines is 1. The maximum absolute atomic E-state index is 12.9. The van der Waals surface area contributed by atoms with E-state index in [1.807, 2.05) is 26.0 Å². The Balaban J connectivity index is 1.63. The first-order valence-corrected chi connectivity index (χ1v) is 8.77. The molecule has 2 aromatic carbocycles. The molecule has 1 aromatic heterocycles. The monoisotopic (exact) mass is 369 g/mol. The molecule has 0 aliphatic rings. The number of fused-ring (bicyclic) bond motifs is 1. The smallest absolute Gasteiger partial charge is 0.251 e. The summed E-state index contributed by atoms with van der Waals surface area (Å²) in [5, 5.41) is 7.50. The lowest BCUT2D eigenvalue weighted by atomic mass is 10.0. The van der Waals surface area contributed by atoms with Crippen molar-refractivity contribution < 1.29 is 4.39 Å². The molecule has 0 fully saturated rings. The Morgan fingerprint density at radius 3 is 2.62 bits per heavy atom. The number of pyridine rings is 1. The number of aromatic nitrogens is 1. The van der Waals surface area contributed by atoms with E-state index < -0.39 is 0 Å². The number of halogens is 1. The number of hydrogen-bond acceptors (Lipinski definition) is 2. The first-order chi connectivity index (χ1) is 12.4. The second-order valence-corrected chi connectivity index (χ2v) is 6.64. The molecule has 3 aromatic rings. The average Bonchev–Trinajstić information content (AvgIpc) is 2.61. The van der Waals surface area contributed by atoms with Crippen LogP contribution in [-0.2, 0) is 6.42 Å². The lowest BCUT2D eigenvalue weighted by Crippen LogP contribution is -2.31. The molecule has 3 N–H and O–H groups in total. The van der Waals surface area contributed by atoms with Crippen molar-refractivity contribution in [2.24, 2.45) is 0 Å². The van der Waals surface area contributed by atoms with Gasteiger partial charge >= 0.3 is 0 Å². The molecule has 0 aliphatic carbocycles. The minimum Gasteiger partial charge on any atom is -0.362 e. The first-order valence-electron chi connectivity index (χ1n) is 8.36. The van der Waals surface area contributed by atoms with Gasteiger partial charge in [-0.3, -0.25) is 4.79 Å². The molecule has 0 atom stereocenters. The topological polar surface area (TPSA) is 56.9 Å². The number of anilines is 1. The number of hydrogen-bond donors (Lipinski definition) is 3. The molecule has 0 unspecified atom stereocenters. The molecular formula is C20H20FN3OS. The van der Waals surface area contributed by atoms with Gasteiger partial charge in [0.25, 0.3) is 5.56 Å². The molecule has 0 bridgehead atoms. The van der Waals surface area contributed by atoms with Gasteiger partial charge in [-0.05, 0) is 79.3 Å². The zero-order valence-electron chi connectivity index (χ0n) is 14.7. The fourth-order valence-electron chi connectivity index (χ4n) is 2.77. The predicted molar refractivity (Wildman–Crippen MR) is 108 cm³/mol. The molecule has 0 saturated heterocycles.